The molecule has 1 heterocycles. The third kappa shape index (κ3) is 2.74. The molecule has 100 valence electrons. The van der Waals surface area contributed by atoms with Crippen molar-refractivity contribution in [2.24, 2.45) is 0 Å². The van der Waals surface area contributed by atoms with Crippen LogP contribution >= 0.6 is 0 Å². The van der Waals surface area contributed by atoms with Crippen molar-refractivity contribution in [1.82, 2.24) is 15.1 Å². The van der Waals surface area contributed by atoms with Crippen LogP contribution in [0.3, 0.4) is 0 Å². The van der Waals surface area contributed by atoms with Crippen molar-refractivity contribution < 1.29 is 4.79 Å². The number of aryl methyl sites for hydroxylation is 1. The molecule has 0 saturated heterocycles. The van der Waals surface area contributed by atoms with E-state index in [9.17, 15) is 4.79 Å². The van der Waals surface area contributed by atoms with Gasteiger partial charge in [-0.05, 0) is 31.7 Å². The van der Waals surface area contributed by atoms with Crippen LogP contribution in [0.25, 0.3) is 0 Å². The van der Waals surface area contributed by atoms with Crippen LogP contribution in [0.2, 0.25) is 0 Å². The van der Waals surface area contributed by atoms with E-state index in [1.165, 1.54) is 12.8 Å². The topological polar surface area (TPSA) is 46.9 Å². The van der Waals surface area contributed by atoms with Gasteiger partial charge in [-0.3, -0.25) is 9.48 Å². The van der Waals surface area contributed by atoms with Crippen LogP contribution in [0.4, 0.5) is 0 Å². The Balaban J connectivity index is 2.12. The fourth-order valence-electron chi connectivity index (χ4n) is 2.47. The predicted molar refractivity (Wildman–Crippen MR) is 71.7 cm³/mol. The van der Waals surface area contributed by atoms with E-state index in [-0.39, 0.29) is 5.91 Å². The molecule has 1 aliphatic rings. The number of aromatic nitrogens is 2. The first-order valence-electron chi connectivity index (χ1n) is 7.00. The summed E-state index contributed by atoms with van der Waals surface area (Å²) in [6.45, 7) is 6.95. The number of hydrogen-bond acceptors (Lipinski definition) is 2. The lowest BCUT2D eigenvalue weighted by Gasteiger charge is -2.12. The maximum Gasteiger partial charge on any atom is 0.269 e. The summed E-state index contributed by atoms with van der Waals surface area (Å²) in [5, 5.41) is 7.60. The normalized spacial score (nSPS) is 16.4. The first kappa shape index (κ1) is 13.1. The molecule has 0 atom stereocenters. The molecule has 0 bridgehead atoms. The van der Waals surface area contributed by atoms with Gasteiger partial charge in [0.15, 0.2) is 0 Å². The summed E-state index contributed by atoms with van der Waals surface area (Å²) in [7, 11) is 0. The molecule has 0 aromatic carbocycles. The van der Waals surface area contributed by atoms with E-state index in [2.05, 4.69) is 24.3 Å². The van der Waals surface area contributed by atoms with Crippen molar-refractivity contribution in [2.45, 2.75) is 65.0 Å². The smallest absolute Gasteiger partial charge is 0.269 e. The lowest BCUT2D eigenvalue weighted by atomic mass is 10.1. The number of hydrogen-bond donors (Lipinski definition) is 1. The third-order valence-electron chi connectivity index (χ3n) is 3.61. The predicted octanol–water partition coefficient (Wildman–Crippen LogP) is 2.70. The molecular formula is C14H23N3O. The largest absolute Gasteiger partial charge is 0.348 e. The molecule has 1 aliphatic carbocycles. The van der Waals surface area contributed by atoms with Crippen LogP contribution in [0, 0.1) is 0 Å². The quantitative estimate of drug-likeness (QED) is 0.891. The molecule has 0 unspecified atom stereocenters. The first-order valence-corrected chi connectivity index (χ1v) is 7.00. The van der Waals surface area contributed by atoms with Crippen LogP contribution in [0.15, 0.2) is 6.07 Å². The van der Waals surface area contributed by atoms with Gasteiger partial charge in [-0.2, -0.15) is 5.10 Å². The van der Waals surface area contributed by atoms with Crippen LogP contribution < -0.4 is 5.32 Å². The average Bonchev–Trinajstić information content (AvgIpc) is 2.96. The van der Waals surface area contributed by atoms with Gasteiger partial charge in [0.25, 0.3) is 5.91 Å². The van der Waals surface area contributed by atoms with Gasteiger partial charge in [0, 0.05) is 12.6 Å². The average molecular weight is 249 g/mol. The van der Waals surface area contributed by atoms with Crippen molar-refractivity contribution in [3.05, 3.63) is 17.5 Å². The molecular weight excluding hydrogens is 226 g/mol. The molecule has 1 aromatic heterocycles. The van der Waals surface area contributed by atoms with Gasteiger partial charge in [-0.1, -0.05) is 26.7 Å². The number of carbonyl (C=O) groups excluding carboxylic acids is 1. The number of amides is 1. The van der Waals surface area contributed by atoms with E-state index < -0.39 is 0 Å². The fourth-order valence-corrected chi connectivity index (χ4v) is 2.47. The summed E-state index contributed by atoms with van der Waals surface area (Å²) >= 11 is 0. The van der Waals surface area contributed by atoms with Crippen LogP contribution in [-0.4, -0.2) is 21.7 Å². The van der Waals surface area contributed by atoms with Crippen LogP contribution in [-0.2, 0) is 6.54 Å². The zero-order chi connectivity index (χ0) is 13.1. The van der Waals surface area contributed by atoms with Gasteiger partial charge < -0.3 is 5.32 Å². The molecule has 4 nitrogen and oxygen atoms in total. The van der Waals surface area contributed by atoms with Crippen molar-refractivity contribution >= 4 is 5.91 Å². The minimum Gasteiger partial charge on any atom is -0.348 e. The second kappa shape index (κ2) is 5.55. The van der Waals surface area contributed by atoms with Gasteiger partial charge in [-0.15, -0.1) is 0 Å². The van der Waals surface area contributed by atoms with E-state index in [1.54, 1.807) is 4.68 Å². The third-order valence-corrected chi connectivity index (χ3v) is 3.61. The van der Waals surface area contributed by atoms with E-state index in [0.717, 1.165) is 25.1 Å². The standard InChI is InChI=1S/C14H23N3O/c1-4-17-13(9-12(16-17)10(2)3)14(18)15-11-7-5-6-8-11/h9-11H,4-8H2,1-3H3,(H,15,18). The molecule has 1 saturated carbocycles. The number of rotatable bonds is 4. The van der Waals surface area contributed by atoms with E-state index in [4.69, 9.17) is 0 Å². The maximum atomic E-state index is 12.2. The highest BCUT2D eigenvalue weighted by Crippen LogP contribution is 2.19. The Kier molecular flexibility index (Phi) is 4.04. The number of carbonyl (C=O) groups is 1. The van der Waals surface area contributed by atoms with Gasteiger partial charge in [0.05, 0.1) is 5.69 Å². The lowest BCUT2D eigenvalue weighted by molar-refractivity contribution is 0.0927. The zero-order valence-corrected chi connectivity index (χ0v) is 11.6. The van der Waals surface area contributed by atoms with Crippen molar-refractivity contribution in [2.75, 3.05) is 0 Å². The second-order valence-corrected chi connectivity index (χ2v) is 5.38. The molecule has 18 heavy (non-hydrogen) atoms. The van der Waals surface area contributed by atoms with Crippen molar-refractivity contribution in [1.29, 1.82) is 0 Å². The SMILES string of the molecule is CCn1nc(C(C)C)cc1C(=O)NC1CCCC1. The fraction of sp³-hybridized carbons (Fsp3) is 0.714. The van der Waals surface area contributed by atoms with Crippen molar-refractivity contribution in [3.8, 4) is 0 Å². The van der Waals surface area contributed by atoms with Gasteiger partial charge >= 0.3 is 0 Å². The first-order chi connectivity index (χ1) is 8.61. The number of nitrogens with zero attached hydrogens (tertiary/aromatic N) is 2. The second-order valence-electron chi connectivity index (χ2n) is 5.38. The van der Waals surface area contributed by atoms with Gasteiger partial charge in [0.2, 0.25) is 0 Å². The Morgan fingerprint density at radius 3 is 2.72 bits per heavy atom. The maximum absolute atomic E-state index is 12.2. The molecule has 4 heteroatoms. The van der Waals surface area contributed by atoms with E-state index in [0.29, 0.717) is 17.7 Å². The molecule has 1 N–H and O–H groups in total. The molecule has 0 spiro atoms. The Morgan fingerprint density at radius 1 is 1.50 bits per heavy atom. The summed E-state index contributed by atoms with van der Waals surface area (Å²) < 4.78 is 1.81. The van der Waals surface area contributed by atoms with Gasteiger partial charge in [-0.25, -0.2) is 0 Å². The summed E-state index contributed by atoms with van der Waals surface area (Å²) in [5.74, 6) is 0.388. The molecule has 0 radical (unpaired) electrons. The Hall–Kier alpha value is -1.32. The van der Waals surface area contributed by atoms with E-state index >= 15 is 0 Å². The summed E-state index contributed by atoms with van der Waals surface area (Å²) in [5.41, 5.74) is 1.70. The highest BCUT2D eigenvalue weighted by atomic mass is 16.2. The molecule has 1 amide bonds. The highest BCUT2D eigenvalue weighted by Gasteiger charge is 2.21. The molecule has 1 fully saturated rings. The van der Waals surface area contributed by atoms with Gasteiger partial charge in [0.1, 0.15) is 5.69 Å². The summed E-state index contributed by atoms with van der Waals surface area (Å²) in [4.78, 5) is 12.2. The Morgan fingerprint density at radius 2 is 2.17 bits per heavy atom. The Labute approximate surface area is 109 Å². The Bertz CT molecular complexity index is 417. The highest BCUT2D eigenvalue weighted by molar-refractivity contribution is 5.92. The summed E-state index contributed by atoms with van der Waals surface area (Å²) in [6.07, 6.45) is 4.69. The molecule has 1 aromatic rings. The molecule has 2 rings (SSSR count). The van der Waals surface area contributed by atoms with Crippen LogP contribution in [0.1, 0.15) is 68.6 Å². The van der Waals surface area contributed by atoms with E-state index in [1.807, 2.05) is 13.0 Å². The van der Waals surface area contributed by atoms with Crippen LogP contribution in [0.5, 0.6) is 0 Å². The van der Waals surface area contributed by atoms with Crippen molar-refractivity contribution in [3.63, 3.8) is 0 Å². The lowest BCUT2D eigenvalue weighted by Crippen LogP contribution is -2.34. The number of nitrogens with one attached hydrogen (secondary N) is 1. The summed E-state index contributed by atoms with van der Waals surface area (Å²) in [6, 6.07) is 2.29. The minimum atomic E-state index is 0.0307. The zero-order valence-electron chi connectivity index (χ0n) is 11.6. The molecule has 0 aliphatic heterocycles. The monoisotopic (exact) mass is 249 g/mol. The minimum absolute atomic E-state index is 0.0307.